The predicted octanol–water partition coefficient (Wildman–Crippen LogP) is 3.42. The van der Waals surface area contributed by atoms with Crippen molar-refractivity contribution in [3.05, 3.63) is 47.9 Å². The van der Waals surface area contributed by atoms with Crippen LogP contribution in [-0.2, 0) is 7.05 Å². The SMILES string of the molecule is Cc1c(-c2nc(Nc3ccc(N4CCN(C5CCN(C)CC5)CC4)c(F)c3)ncc2F)cnn1C. The van der Waals surface area contributed by atoms with Gasteiger partial charge in [0.05, 0.1) is 18.1 Å². The van der Waals surface area contributed by atoms with Crippen LogP contribution in [0, 0.1) is 18.6 Å². The summed E-state index contributed by atoms with van der Waals surface area (Å²) in [6.07, 6.45) is 5.11. The minimum atomic E-state index is -0.535. The number of nitrogens with one attached hydrogen (secondary N) is 1. The van der Waals surface area contributed by atoms with Gasteiger partial charge >= 0.3 is 0 Å². The molecule has 1 N–H and O–H groups in total. The van der Waals surface area contributed by atoms with Gasteiger partial charge in [-0.15, -0.1) is 0 Å². The quantitative estimate of drug-likeness (QED) is 0.598. The number of hydrogen-bond donors (Lipinski definition) is 1. The van der Waals surface area contributed by atoms with Gasteiger partial charge in [-0.3, -0.25) is 9.58 Å². The summed E-state index contributed by atoms with van der Waals surface area (Å²) in [4.78, 5) is 15.4. The van der Waals surface area contributed by atoms with Crippen molar-refractivity contribution in [2.45, 2.75) is 25.8 Å². The van der Waals surface area contributed by atoms with Crippen molar-refractivity contribution in [2.75, 3.05) is 56.5 Å². The van der Waals surface area contributed by atoms with E-state index in [4.69, 9.17) is 0 Å². The molecular formula is C25H32F2N8. The molecule has 0 saturated carbocycles. The number of aromatic nitrogens is 4. The van der Waals surface area contributed by atoms with Gasteiger partial charge in [-0.1, -0.05) is 0 Å². The molecule has 0 bridgehead atoms. The van der Waals surface area contributed by atoms with Gasteiger partial charge in [0.15, 0.2) is 5.82 Å². The number of benzene rings is 1. The number of piperazine rings is 1. The first-order valence-corrected chi connectivity index (χ1v) is 12.1. The Labute approximate surface area is 204 Å². The summed E-state index contributed by atoms with van der Waals surface area (Å²) >= 11 is 0. The lowest BCUT2D eigenvalue weighted by atomic mass is 10.0. The zero-order valence-corrected chi connectivity index (χ0v) is 20.5. The van der Waals surface area contributed by atoms with Crippen LogP contribution in [0.15, 0.2) is 30.6 Å². The lowest BCUT2D eigenvalue weighted by Gasteiger charge is -2.42. The minimum Gasteiger partial charge on any atom is -0.367 e. The van der Waals surface area contributed by atoms with Crippen LogP contribution >= 0.6 is 0 Å². The van der Waals surface area contributed by atoms with Crippen molar-refractivity contribution >= 4 is 17.3 Å². The van der Waals surface area contributed by atoms with Gasteiger partial charge in [-0.05, 0) is 58.1 Å². The fourth-order valence-corrected chi connectivity index (χ4v) is 5.01. The molecule has 2 aliphatic rings. The second-order valence-electron chi connectivity index (χ2n) is 9.51. The van der Waals surface area contributed by atoms with Crippen LogP contribution in [0.3, 0.4) is 0 Å². The third-order valence-corrected chi connectivity index (χ3v) is 7.30. The van der Waals surface area contributed by atoms with Crippen LogP contribution < -0.4 is 10.2 Å². The maximum atomic E-state index is 15.1. The summed E-state index contributed by atoms with van der Waals surface area (Å²) in [5.74, 6) is -0.635. The van der Waals surface area contributed by atoms with E-state index in [0.29, 0.717) is 23.0 Å². The number of hydrogen-bond acceptors (Lipinski definition) is 7. The highest BCUT2D eigenvalue weighted by molar-refractivity contribution is 5.65. The number of rotatable bonds is 5. The van der Waals surface area contributed by atoms with Crippen molar-refractivity contribution in [1.29, 1.82) is 0 Å². The number of anilines is 3. The zero-order valence-electron chi connectivity index (χ0n) is 20.5. The lowest BCUT2D eigenvalue weighted by molar-refractivity contribution is 0.115. The highest BCUT2D eigenvalue weighted by Gasteiger charge is 2.27. The second-order valence-corrected chi connectivity index (χ2v) is 9.51. The Kier molecular flexibility index (Phi) is 6.66. The first kappa shape index (κ1) is 23.6. The topological polar surface area (TPSA) is 65.4 Å². The molecule has 0 radical (unpaired) electrons. The molecule has 0 aliphatic carbocycles. The van der Waals surface area contributed by atoms with Gasteiger partial charge in [0, 0.05) is 56.2 Å². The van der Waals surface area contributed by atoms with Crippen molar-refractivity contribution in [2.24, 2.45) is 7.05 Å². The molecule has 2 saturated heterocycles. The van der Waals surface area contributed by atoms with Crippen LogP contribution in [0.1, 0.15) is 18.5 Å². The minimum absolute atomic E-state index is 0.160. The zero-order chi connectivity index (χ0) is 24.5. The summed E-state index contributed by atoms with van der Waals surface area (Å²) < 4.78 is 31.2. The van der Waals surface area contributed by atoms with Crippen LogP contribution in [0.5, 0.6) is 0 Å². The summed E-state index contributed by atoms with van der Waals surface area (Å²) in [6, 6.07) is 5.68. The van der Waals surface area contributed by atoms with E-state index in [0.717, 1.165) is 51.2 Å². The van der Waals surface area contributed by atoms with Gasteiger partial charge in [0.25, 0.3) is 0 Å². The van der Waals surface area contributed by atoms with Gasteiger partial charge in [0.2, 0.25) is 5.95 Å². The summed E-state index contributed by atoms with van der Waals surface area (Å²) in [5, 5.41) is 7.16. The molecule has 4 heterocycles. The first-order valence-electron chi connectivity index (χ1n) is 12.1. The number of halogens is 2. The Morgan fingerprint density at radius 1 is 0.943 bits per heavy atom. The molecule has 35 heavy (non-hydrogen) atoms. The smallest absolute Gasteiger partial charge is 0.227 e. The molecule has 8 nitrogen and oxygen atoms in total. The van der Waals surface area contributed by atoms with E-state index in [1.165, 1.54) is 18.9 Å². The van der Waals surface area contributed by atoms with E-state index in [2.05, 4.69) is 42.1 Å². The van der Waals surface area contributed by atoms with Crippen molar-refractivity contribution in [3.8, 4) is 11.3 Å². The van der Waals surface area contributed by atoms with Gasteiger partial charge in [0.1, 0.15) is 11.5 Å². The molecule has 0 unspecified atom stereocenters. The van der Waals surface area contributed by atoms with Crippen LogP contribution in [0.2, 0.25) is 0 Å². The summed E-state index contributed by atoms with van der Waals surface area (Å²) in [6.45, 7) is 7.67. The third-order valence-electron chi connectivity index (χ3n) is 7.30. The second kappa shape index (κ2) is 9.87. The van der Waals surface area contributed by atoms with Crippen LogP contribution in [-0.4, -0.2) is 81.9 Å². The van der Waals surface area contributed by atoms with E-state index < -0.39 is 5.82 Å². The Bertz CT molecular complexity index is 1180. The summed E-state index contributed by atoms with van der Waals surface area (Å²) in [5.41, 5.74) is 2.66. The molecule has 2 aliphatic heterocycles. The average Bonchev–Trinajstić information content (AvgIpc) is 3.19. The molecule has 1 aromatic carbocycles. The van der Waals surface area contributed by atoms with Gasteiger partial charge in [-0.2, -0.15) is 5.10 Å². The van der Waals surface area contributed by atoms with E-state index >= 15 is 4.39 Å². The molecule has 10 heteroatoms. The van der Waals surface area contributed by atoms with Crippen LogP contribution in [0.4, 0.5) is 26.1 Å². The van der Waals surface area contributed by atoms with Crippen molar-refractivity contribution in [3.63, 3.8) is 0 Å². The normalized spacial score (nSPS) is 18.3. The molecule has 0 atom stereocenters. The average molecular weight is 483 g/mol. The Hall–Kier alpha value is -3.11. The number of piperidine rings is 1. The standard InChI is InChI=1S/C25H32F2N8/c1-17-20(15-29-33(17)3)24-22(27)16-28-25(31-24)30-18-4-5-23(21(26)14-18)35-12-10-34(11-13-35)19-6-8-32(2)9-7-19/h4-5,14-16,19H,6-13H2,1-3H3,(H,28,30,31). The van der Waals surface area contributed by atoms with E-state index in [9.17, 15) is 4.39 Å². The molecule has 2 fully saturated rings. The monoisotopic (exact) mass is 482 g/mol. The van der Waals surface area contributed by atoms with Crippen molar-refractivity contribution in [1.82, 2.24) is 29.5 Å². The largest absolute Gasteiger partial charge is 0.367 e. The molecular weight excluding hydrogens is 450 g/mol. The number of nitrogens with zero attached hydrogens (tertiary/aromatic N) is 7. The van der Waals surface area contributed by atoms with Gasteiger partial charge < -0.3 is 15.1 Å². The Balaban J connectivity index is 1.25. The fourth-order valence-electron chi connectivity index (χ4n) is 5.01. The third kappa shape index (κ3) is 4.99. The highest BCUT2D eigenvalue weighted by atomic mass is 19.1. The predicted molar refractivity (Wildman–Crippen MR) is 133 cm³/mol. The molecule has 2 aromatic heterocycles. The maximum absolute atomic E-state index is 15.1. The molecule has 0 amide bonds. The Morgan fingerprint density at radius 3 is 2.34 bits per heavy atom. The van der Waals surface area contributed by atoms with E-state index in [1.807, 2.05) is 13.0 Å². The molecule has 3 aromatic rings. The number of likely N-dealkylation sites (tertiary alicyclic amines) is 1. The lowest BCUT2D eigenvalue weighted by Crippen LogP contribution is -2.53. The summed E-state index contributed by atoms with van der Waals surface area (Å²) in [7, 11) is 3.97. The molecule has 186 valence electrons. The molecule has 5 rings (SSSR count). The Morgan fingerprint density at radius 2 is 1.69 bits per heavy atom. The maximum Gasteiger partial charge on any atom is 0.227 e. The fraction of sp³-hybridized carbons (Fsp3) is 0.480. The molecule has 0 spiro atoms. The highest BCUT2D eigenvalue weighted by Crippen LogP contribution is 2.28. The number of aryl methyl sites for hydroxylation is 1. The van der Waals surface area contributed by atoms with Gasteiger partial charge in [-0.25, -0.2) is 18.7 Å². The first-order chi connectivity index (χ1) is 16.9. The van der Waals surface area contributed by atoms with Crippen LogP contribution in [0.25, 0.3) is 11.3 Å². The van der Waals surface area contributed by atoms with E-state index in [-0.39, 0.29) is 17.5 Å². The van der Waals surface area contributed by atoms with Crippen molar-refractivity contribution < 1.29 is 8.78 Å². The van der Waals surface area contributed by atoms with E-state index in [1.54, 1.807) is 24.0 Å².